The van der Waals surface area contributed by atoms with Crippen molar-refractivity contribution in [2.24, 2.45) is 7.05 Å². The molecule has 1 amide bonds. The average Bonchev–Trinajstić information content (AvgIpc) is 3.13. The summed E-state index contributed by atoms with van der Waals surface area (Å²) in [5.41, 5.74) is -2.13. The smallest absolute Gasteiger partial charge is 0.367 e. The molecule has 0 radical (unpaired) electrons. The van der Waals surface area contributed by atoms with Crippen molar-refractivity contribution in [3.63, 3.8) is 0 Å². The summed E-state index contributed by atoms with van der Waals surface area (Å²) < 4.78 is 61.0. The predicted octanol–water partition coefficient (Wildman–Crippen LogP) is 3.81. The molecule has 1 saturated heterocycles. The van der Waals surface area contributed by atoms with Crippen LogP contribution >= 0.6 is 0 Å². The number of carbonyl (C=O) groups is 1. The van der Waals surface area contributed by atoms with Gasteiger partial charge in [0.25, 0.3) is 5.91 Å². The first-order chi connectivity index (χ1) is 14.7. The first-order valence-electron chi connectivity index (χ1n) is 9.29. The van der Waals surface area contributed by atoms with Gasteiger partial charge in [-0.25, -0.2) is 9.37 Å². The Morgan fingerprint density at radius 3 is 2.61 bits per heavy atom. The van der Waals surface area contributed by atoms with Crippen molar-refractivity contribution in [3.05, 3.63) is 71.6 Å². The van der Waals surface area contributed by atoms with Crippen LogP contribution < -0.4 is 5.32 Å². The third-order valence-corrected chi connectivity index (χ3v) is 5.10. The number of aryl methyl sites for hydroxylation is 1. The fourth-order valence-corrected chi connectivity index (χ4v) is 3.40. The number of anilines is 1. The van der Waals surface area contributed by atoms with Crippen LogP contribution in [0.5, 0.6) is 0 Å². The Kier molecular flexibility index (Phi) is 5.21. The normalized spacial score (nSPS) is 19.5. The summed E-state index contributed by atoms with van der Waals surface area (Å²) >= 11 is 0. The lowest BCUT2D eigenvalue weighted by Gasteiger charge is -2.44. The van der Waals surface area contributed by atoms with Crippen molar-refractivity contribution < 1.29 is 27.1 Å². The molecular formula is C20H17F4N5O2. The van der Waals surface area contributed by atoms with Gasteiger partial charge < -0.3 is 14.6 Å². The summed E-state index contributed by atoms with van der Waals surface area (Å²) in [7, 11) is 1.62. The van der Waals surface area contributed by atoms with Gasteiger partial charge in [0, 0.05) is 19.2 Å². The summed E-state index contributed by atoms with van der Waals surface area (Å²) in [4.78, 5) is 15.8. The number of rotatable bonds is 5. The maximum atomic E-state index is 15.4. The first-order valence-corrected chi connectivity index (χ1v) is 9.29. The highest BCUT2D eigenvalue weighted by atomic mass is 19.4. The summed E-state index contributed by atoms with van der Waals surface area (Å²) in [6, 6.07) is 9.37. The highest BCUT2D eigenvalue weighted by molar-refractivity contribution is 6.02. The average molecular weight is 435 g/mol. The predicted molar refractivity (Wildman–Crippen MR) is 101 cm³/mol. The highest BCUT2D eigenvalue weighted by Gasteiger charge is 2.50. The Morgan fingerprint density at radius 1 is 1.26 bits per heavy atom. The van der Waals surface area contributed by atoms with E-state index in [4.69, 9.17) is 4.74 Å². The van der Waals surface area contributed by atoms with Crippen molar-refractivity contribution in [1.29, 1.82) is 0 Å². The molecule has 1 aliphatic heterocycles. The number of amides is 1. The number of hydrogen-bond donors (Lipinski definition) is 1. The summed E-state index contributed by atoms with van der Waals surface area (Å²) in [6.07, 6.45) is -4.51. The van der Waals surface area contributed by atoms with Gasteiger partial charge in [0.05, 0.1) is 6.61 Å². The molecule has 0 aliphatic carbocycles. The summed E-state index contributed by atoms with van der Waals surface area (Å²) in [6.45, 7) is 0.350. The first kappa shape index (κ1) is 20.9. The zero-order chi connectivity index (χ0) is 22.2. The molecule has 0 bridgehead atoms. The van der Waals surface area contributed by atoms with Crippen LogP contribution in [0.3, 0.4) is 0 Å². The van der Waals surface area contributed by atoms with Crippen LogP contribution in [0.4, 0.5) is 23.2 Å². The maximum absolute atomic E-state index is 15.4. The molecule has 1 aromatic carbocycles. The lowest BCUT2D eigenvalue weighted by Crippen LogP contribution is -2.45. The van der Waals surface area contributed by atoms with E-state index in [1.165, 1.54) is 29.1 Å². The Morgan fingerprint density at radius 2 is 2.00 bits per heavy atom. The van der Waals surface area contributed by atoms with Gasteiger partial charge in [0.1, 0.15) is 23.3 Å². The van der Waals surface area contributed by atoms with E-state index in [0.717, 1.165) is 12.1 Å². The van der Waals surface area contributed by atoms with Crippen molar-refractivity contribution in [1.82, 2.24) is 19.7 Å². The Labute approximate surface area is 174 Å². The number of pyridine rings is 1. The Hall–Kier alpha value is -3.34. The molecule has 162 valence electrons. The van der Waals surface area contributed by atoms with Crippen molar-refractivity contribution in [2.45, 2.75) is 24.4 Å². The van der Waals surface area contributed by atoms with Crippen LogP contribution in [0.15, 0.2) is 48.8 Å². The number of benzene rings is 1. The third kappa shape index (κ3) is 3.88. The number of nitrogens with one attached hydrogen (secondary N) is 1. The van der Waals surface area contributed by atoms with Gasteiger partial charge in [-0.1, -0.05) is 18.2 Å². The van der Waals surface area contributed by atoms with Crippen LogP contribution in [-0.4, -0.2) is 32.3 Å². The zero-order valence-electron chi connectivity index (χ0n) is 16.2. The van der Waals surface area contributed by atoms with Crippen LogP contribution in [0.1, 0.15) is 40.2 Å². The van der Waals surface area contributed by atoms with Gasteiger partial charge in [-0.3, -0.25) is 4.79 Å². The van der Waals surface area contributed by atoms with E-state index in [1.54, 1.807) is 19.2 Å². The monoisotopic (exact) mass is 435 g/mol. The van der Waals surface area contributed by atoms with Gasteiger partial charge in [-0.2, -0.15) is 13.2 Å². The Balaban J connectivity index is 1.59. The largest absolute Gasteiger partial charge is 0.433 e. The van der Waals surface area contributed by atoms with E-state index in [2.05, 4.69) is 20.5 Å². The van der Waals surface area contributed by atoms with Crippen LogP contribution in [0, 0.1) is 0 Å². The standard InChI is InChI=1S/C20H17F4N5O2/c1-29-11-25-28-17(29)16(21)19(8-9-31-19)12-4-2-5-13(10-12)26-18(30)14-6-3-7-15(27-14)20(22,23)24/h2-7,10-11,16H,8-9H2,1H3,(H,26,30)/t16-,19-/m1/s1. The van der Waals surface area contributed by atoms with Gasteiger partial charge >= 0.3 is 6.18 Å². The molecule has 1 N–H and O–H groups in total. The summed E-state index contributed by atoms with van der Waals surface area (Å²) in [5, 5.41) is 10.0. The third-order valence-electron chi connectivity index (χ3n) is 5.10. The molecule has 0 spiro atoms. The van der Waals surface area contributed by atoms with Gasteiger partial charge in [0.2, 0.25) is 0 Å². The maximum Gasteiger partial charge on any atom is 0.433 e. The molecule has 0 unspecified atom stereocenters. The molecular weight excluding hydrogens is 418 g/mol. The fraction of sp³-hybridized carbons (Fsp3) is 0.300. The Bertz CT molecular complexity index is 1110. The number of carbonyl (C=O) groups excluding carboxylic acids is 1. The fourth-order valence-electron chi connectivity index (χ4n) is 3.40. The van der Waals surface area contributed by atoms with Crippen LogP contribution in [-0.2, 0) is 23.6 Å². The molecule has 31 heavy (non-hydrogen) atoms. The van der Waals surface area contributed by atoms with Crippen LogP contribution in [0.25, 0.3) is 0 Å². The lowest BCUT2D eigenvalue weighted by atomic mass is 9.81. The van der Waals surface area contributed by atoms with Gasteiger partial charge in [0.15, 0.2) is 12.0 Å². The van der Waals surface area contributed by atoms with E-state index in [-0.39, 0.29) is 11.5 Å². The molecule has 2 atom stereocenters. The molecule has 3 heterocycles. The van der Waals surface area contributed by atoms with E-state index in [1.807, 2.05) is 0 Å². The van der Waals surface area contributed by atoms with Crippen molar-refractivity contribution in [2.75, 3.05) is 11.9 Å². The minimum Gasteiger partial charge on any atom is -0.367 e. The van der Waals surface area contributed by atoms with Crippen molar-refractivity contribution >= 4 is 11.6 Å². The van der Waals surface area contributed by atoms with Crippen molar-refractivity contribution in [3.8, 4) is 0 Å². The molecule has 2 aromatic heterocycles. The molecule has 7 nitrogen and oxygen atoms in total. The van der Waals surface area contributed by atoms with Gasteiger partial charge in [-0.15, -0.1) is 10.2 Å². The lowest BCUT2D eigenvalue weighted by molar-refractivity contribution is -0.198. The molecule has 0 saturated carbocycles. The van der Waals surface area contributed by atoms with E-state index < -0.39 is 35.2 Å². The molecule has 3 aromatic rings. The number of ether oxygens (including phenoxy) is 1. The highest BCUT2D eigenvalue weighted by Crippen LogP contribution is 2.49. The number of alkyl halides is 4. The second kappa shape index (κ2) is 7.73. The zero-order valence-corrected chi connectivity index (χ0v) is 16.2. The number of halogens is 4. The summed E-state index contributed by atoms with van der Waals surface area (Å²) in [5.74, 6) is -0.723. The second-order valence-corrected chi connectivity index (χ2v) is 7.09. The van der Waals surface area contributed by atoms with E-state index >= 15 is 4.39 Å². The minimum atomic E-state index is -4.67. The second-order valence-electron chi connectivity index (χ2n) is 7.09. The topological polar surface area (TPSA) is 81.9 Å². The molecule has 1 fully saturated rings. The molecule has 1 aliphatic rings. The molecule has 11 heteroatoms. The quantitative estimate of drug-likeness (QED) is 0.617. The molecule has 4 rings (SSSR count). The van der Waals surface area contributed by atoms with Crippen LogP contribution in [0.2, 0.25) is 0 Å². The van der Waals surface area contributed by atoms with E-state index in [9.17, 15) is 18.0 Å². The number of aromatic nitrogens is 4. The minimum absolute atomic E-state index is 0.0994. The SMILES string of the molecule is Cn1cnnc1[C@@H](F)[C@]1(c2cccc(NC(=O)c3cccc(C(F)(F)F)n3)c2)CCO1. The number of hydrogen-bond acceptors (Lipinski definition) is 5. The van der Waals surface area contributed by atoms with Gasteiger partial charge in [-0.05, 0) is 29.8 Å². The van der Waals surface area contributed by atoms with E-state index in [0.29, 0.717) is 18.6 Å². The number of nitrogens with zero attached hydrogens (tertiary/aromatic N) is 4.